The lowest BCUT2D eigenvalue weighted by Crippen LogP contribution is -2.38. The minimum absolute atomic E-state index is 0.0110. The van der Waals surface area contributed by atoms with Crippen LogP contribution in [0.1, 0.15) is 30.2 Å². The third-order valence-corrected chi connectivity index (χ3v) is 5.43. The molecule has 7 heteroatoms. The summed E-state index contributed by atoms with van der Waals surface area (Å²) in [5.41, 5.74) is 2.90. The van der Waals surface area contributed by atoms with E-state index in [1.165, 1.54) is 5.56 Å². The Hall–Kier alpha value is -3.19. The summed E-state index contributed by atoms with van der Waals surface area (Å²) in [4.78, 5) is 19.1. The number of hydrogen-bond acceptors (Lipinski definition) is 6. The molecule has 3 aromatic rings. The monoisotopic (exact) mass is 406 g/mol. The normalized spacial score (nSPS) is 15.1. The second-order valence-electron chi connectivity index (χ2n) is 7.65. The Bertz CT molecular complexity index is 974. The molecule has 2 heterocycles. The van der Waals surface area contributed by atoms with Crippen LogP contribution in [0.5, 0.6) is 5.75 Å². The predicted octanol–water partition coefficient (Wildman–Crippen LogP) is 3.87. The number of anilines is 1. The van der Waals surface area contributed by atoms with Gasteiger partial charge in [0.05, 0.1) is 13.7 Å². The van der Waals surface area contributed by atoms with Crippen LogP contribution in [0.2, 0.25) is 0 Å². The largest absolute Gasteiger partial charge is 0.497 e. The van der Waals surface area contributed by atoms with Gasteiger partial charge in [0.15, 0.2) is 0 Å². The van der Waals surface area contributed by atoms with Crippen LogP contribution in [0.4, 0.5) is 5.69 Å². The number of rotatable bonds is 6. The van der Waals surface area contributed by atoms with Gasteiger partial charge in [-0.15, -0.1) is 0 Å². The van der Waals surface area contributed by atoms with Gasteiger partial charge in [-0.05, 0) is 69.3 Å². The number of piperidine rings is 1. The van der Waals surface area contributed by atoms with Crippen molar-refractivity contribution in [2.75, 3.05) is 32.1 Å². The van der Waals surface area contributed by atoms with Gasteiger partial charge in [-0.1, -0.05) is 22.9 Å². The number of ether oxygens (including phenoxy) is 1. The highest BCUT2D eigenvalue weighted by atomic mass is 16.5. The Labute approximate surface area is 176 Å². The molecule has 1 saturated heterocycles. The fourth-order valence-corrected chi connectivity index (χ4v) is 3.64. The van der Waals surface area contributed by atoms with E-state index >= 15 is 0 Å². The van der Waals surface area contributed by atoms with Gasteiger partial charge in [0.25, 0.3) is 0 Å². The molecule has 1 aromatic heterocycles. The molecule has 0 aliphatic carbocycles. The van der Waals surface area contributed by atoms with Crippen LogP contribution in [0.15, 0.2) is 53.1 Å². The first-order valence-corrected chi connectivity index (χ1v) is 10.2. The maximum atomic E-state index is 12.3. The second-order valence-corrected chi connectivity index (χ2v) is 7.65. The Kier molecular flexibility index (Phi) is 6.09. The van der Waals surface area contributed by atoms with E-state index in [9.17, 15) is 4.79 Å². The average molecular weight is 406 g/mol. The predicted molar refractivity (Wildman–Crippen MR) is 115 cm³/mol. The van der Waals surface area contributed by atoms with Crippen LogP contribution in [-0.2, 0) is 4.79 Å². The number of methoxy groups -OCH3 is 1. The number of nitrogens with zero attached hydrogens (tertiary/aromatic N) is 3. The Morgan fingerprint density at radius 2 is 1.83 bits per heavy atom. The van der Waals surface area contributed by atoms with Crippen LogP contribution in [0, 0.1) is 6.92 Å². The zero-order valence-electron chi connectivity index (χ0n) is 17.3. The molecular formula is C23H26N4O3. The minimum Gasteiger partial charge on any atom is -0.497 e. The molecule has 0 unspecified atom stereocenters. The number of amides is 1. The summed E-state index contributed by atoms with van der Waals surface area (Å²) in [6.07, 6.45) is 1.78. The van der Waals surface area contributed by atoms with Crippen molar-refractivity contribution in [2.45, 2.75) is 25.7 Å². The first-order valence-electron chi connectivity index (χ1n) is 10.2. The van der Waals surface area contributed by atoms with Crippen molar-refractivity contribution in [3.63, 3.8) is 0 Å². The molecule has 1 aliphatic rings. The van der Waals surface area contributed by atoms with Gasteiger partial charge in [0, 0.05) is 17.2 Å². The van der Waals surface area contributed by atoms with E-state index in [0.29, 0.717) is 18.3 Å². The van der Waals surface area contributed by atoms with Crippen LogP contribution < -0.4 is 10.1 Å². The van der Waals surface area contributed by atoms with Crippen molar-refractivity contribution in [3.05, 3.63) is 60.0 Å². The third-order valence-electron chi connectivity index (χ3n) is 5.43. The van der Waals surface area contributed by atoms with E-state index in [1.54, 1.807) is 7.11 Å². The summed E-state index contributed by atoms with van der Waals surface area (Å²) in [5, 5.41) is 7.09. The lowest BCUT2D eigenvalue weighted by atomic mass is 9.97. The molecule has 156 valence electrons. The van der Waals surface area contributed by atoms with Gasteiger partial charge < -0.3 is 14.6 Å². The number of hydrogen-bond donors (Lipinski definition) is 1. The maximum Gasteiger partial charge on any atom is 0.238 e. The van der Waals surface area contributed by atoms with E-state index < -0.39 is 0 Å². The smallest absolute Gasteiger partial charge is 0.238 e. The first-order chi connectivity index (χ1) is 14.6. The zero-order chi connectivity index (χ0) is 20.9. The number of nitrogens with one attached hydrogen (secondary N) is 1. The van der Waals surface area contributed by atoms with Gasteiger partial charge in [-0.3, -0.25) is 9.69 Å². The highest BCUT2D eigenvalue weighted by molar-refractivity contribution is 5.92. The van der Waals surface area contributed by atoms with Crippen LogP contribution in [0.25, 0.3) is 11.4 Å². The zero-order valence-corrected chi connectivity index (χ0v) is 17.3. The minimum atomic E-state index is 0.0110. The molecule has 30 heavy (non-hydrogen) atoms. The second kappa shape index (κ2) is 9.09. The number of benzene rings is 2. The Morgan fingerprint density at radius 1 is 1.13 bits per heavy atom. The van der Waals surface area contributed by atoms with Crippen molar-refractivity contribution in [2.24, 2.45) is 0 Å². The van der Waals surface area contributed by atoms with Gasteiger partial charge in [-0.2, -0.15) is 4.98 Å². The number of aryl methyl sites for hydroxylation is 1. The Balaban J connectivity index is 1.28. The van der Waals surface area contributed by atoms with Gasteiger partial charge in [0.1, 0.15) is 5.75 Å². The summed E-state index contributed by atoms with van der Waals surface area (Å²) in [6, 6.07) is 15.4. The molecule has 1 fully saturated rings. The highest BCUT2D eigenvalue weighted by Gasteiger charge is 2.26. The van der Waals surface area contributed by atoms with E-state index in [-0.39, 0.29) is 11.8 Å². The van der Waals surface area contributed by atoms with Crippen LogP contribution >= 0.6 is 0 Å². The molecular weight excluding hydrogens is 380 g/mol. The summed E-state index contributed by atoms with van der Waals surface area (Å²) >= 11 is 0. The van der Waals surface area contributed by atoms with Crippen molar-refractivity contribution in [1.29, 1.82) is 0 Å². The number of aromatic nitrogens is 2. The van der Waals surface area contributed by atoms with E-state index in [1.807, 2.05) is 55.5 Å². The summed E-state index contributed by atoms with van der Waals surface area (Å²) < 4.78 is 10.7. The molecule has 1 aliphatic heterocycles. The van der Waals surface area contributed by atoms with E-state index in [4.69, 9.17) is 9.26 Å². The molecule has 4 rings (SSSR count). The van der Waals surface area contributed by atoms with Crippen molar-refractivity contribution < 1.29 is 14.1 Å². The van der Waals surface area contributed by atoms with Crippen molar-refractivity contribution in [1.82, 2.24) is 15.0 Å². The Morgan fingerprint density at radius 3 is 2.50 bits per heavy atom. The van der Waals surface area contributed by atoms with Crippen molar-refractivity contribution in [3.8, 4) is 17.1 Å². The third kappa shape index (κ3) is 4.86. The molecule has 1 amide bonds. The lowest BCUT2D eigenvalue weighted by Gasteiger charge is -2.29. The quantitative estimate of drug-likeness (QED) is 0.669. The summed E-state index contributed by atoms with van der Waals surface area (Å²) in [6.45, 7) is 4.07. The van der Waals surface area contributed by atoms with Crippen molar-refractivity contribution >= 4 is 11.6 Å². The fraction of sp³-hybridized carbons (Fsp3) is 0.348. The number of carbonyl (C=O) groups excluding carboxylic acids is 1. The summed E-state index contributed by atoms with van der Waals surface area (Å²) in [5.74, 6) is 2.29. The standard InChI is InChI=1S/C23H26N4O3/c1-16-3-7-19(8-4-16)24-21(28)15-27-13-11-18(12-14-27)23-25-22(26-30-23)17-5-9-20(29-2)10-6-17/h3-10,18H,11-15H2,1-2H3,(H,24,28). The number of carbonyl (C=O) groups is 1. The average Bonchev–Trinajstić information content (AvgIpc) is 3.26. The summed E-state index contributed by atoms with van der Waals surface area (Å²) in [7, 11) is 1.64. The van der Waals surface area contributed by atoms with E-state index in [2.05, 4.69) is 20.4 Å². The fourth-order valence-electron chi connectivity index (χ4n) is 3.64. The van der Waals surface area contributed by atoms with E-state index in [0.717, 1.165) is 42.9 Å². The molecule has 0 atom stereocenters. The topological polar surface area (TPSA) is 80.5 Å². The van der Waals surface area contributed by atoms with Crippen LogP contribution in [0.3, 0.4) is 0 Å². The molecule has 1 N–H and O–H groups in total. The SMILES string of the molecule is COc1ccc(-c2noc(C3CCN(CC(=O)Nc4ccc(C)cc4)CC3)n2)cc1. The molecule has 7 nitrogen and oxygen atoms in total. The lowest BCUT2D eigenvalue weighted by molar-refractivity contribution is -0.117. The molecule has 2 aromatic carbocycles. The van der Waals surface area contributed by atoms with Gasteiger partial charge in [-0.25, -0.2) is 0 Å². The van der Waals surface area contributed by atoms with Gasteiger partial charge >= 0.3 is 0 Å². The highest BCUT2D eigenvalue weighted by Crippen LogP contribution is 2.29. The van der Waals surface area contributed by atoms with Crippen LogP contribution in [-0.4, -0.2) is 47.7 Å². The first kappa shape index (κ1) is 20.1. The molecule has 0 saturated carbocycles. The molecule has 0 radical (unpaired) electrons. The van der Waals surface area contributed by atoms with Gasteiger partial charge in [0.2, 0.25) is 17.6 Å². The maximum absolute atomic E-state index is 12.3. The molecule has 0 bridgehead atoms. The molecule has 0 spiro atoms. The number of likely N-dealkylation sites (tertiary alicyclic amines) is 1.